The maximum atomic E-state index is 12.1. The summed E-state index contributed by atoms with van der Waals surface area (Å²) in [5.74, 6) is 0.669. The summed E-state index contributed by atoms with van der Waals surface area (Å²) >= 11 is 0. The second-order valence-corrected chi connectivity index (χ2v) is 4.91. The summed E-state index contributed by atoms with van der Waals surface area (Å²) in [6.45, 7) is 4.99. The van der Waals surface area contributed by atoms with Crippen LogP contribution >= 0.6 is 0 Å². The van der Waals surface area contributed by atoms with Crippen molar-refractivity contribution in [3.8, 4) is 11.8 Å². The fourth-order valence-electron chi connectivity index (χ4n) is 2.15. The number of nitriles is 1. The van der Waals surface area contributed by atoms with Crippen molar-refractivity contribution in [2.75, 3.05) is 6.61 Å². The molecule has 0 heterocycles. The number of carbonyl (C=O) groups excluding carboxylic acids is 1. The molecule has 0 aromatic heterocycles. The van der Waals surface area contributed by atoms with E-state index in [2.05, 4.69) is 5.32 Å². The predicted octanol–water partition coefficient (Wildman–Crippen LogP) is 3.20. The monoisotopic (exact) mass is 294 g/mol. The van der Waals surface area contributed by atoms with Crippen LogP contribution in [0.15, 0.2) is 42.5 Å². The van der Waals surface area contributed by atoms with E-state index in [1.54, 1.807) is 24.3 Å². The van der Waals surface area contributed by atoms with Crippen LogP contribution in [0, 0.1) is 18.3 Å². The van der Waals surface area contributed by atoms with Crippen molar-refractivity contribution >= 4 is 5.91 Å². The van der Waals surface area contributed by atoms with E-state index in [1.165, 1.54) is 0 Å². The first-order chi connectivity index (χ1) is 10.6. The molecule has 112 valence electrons. The van der Waals surface area contributed by atoms with E-state index >= 15 is 0 Å². The van der Waals surface area contributed by atoms with Crippen LogP contribution in [0.1, 0.15) is 34.0 Å². The first-order valence-corrected chi connectivity index (χ1v) is 7.14. The van der Waals surface area contributed by atoms with Gasteiger partial charge in [-0.2, -0.15) is 5.26 Å². The van der Waals surface area contributed by atoms with Crippen LogP contribution in [0.5, 0.6) is 5.75 Å². The first kappa shape index (κ1) is 15.6. The minimum atomic E-state index is -0.191. The molecule has 2 aromatic rings. The quantitative estimate of drug-likeness (QED) is 0.921. The van der Waals surface area contributed by atoms with Crippen molar-refractivity contribution in [1.29, 1.82) is 5.26 Å². The minimum Gasteiger partial charge on any atom is -0.494 e. The minimum absolute atomic E-state index is 0.191. The van der Waals surface area contributed by atoms with Gasteiger partial charge in [0.1, 0.15) is 5.75 Å². The molecular formula is C18H18N2O2. The SMILES string of the molecule is CCOc1ccc(CNC(=O)c2cccc(C#N)c2)cc1C. The average Bonchev–Trinajstić information content (AvgIpc) is 2.55. The molecule has 0 radical (unpaired) electrons. The van der Waals surface area contributed by atoms with Gasteiger partial charge < -0.3 is 10.1 Å². The van der Waals surface area contributed by atoms with Gasteiger partial charge >= 0.3 is 0 Å². The van der Waals surface area contributed by atoms with Crippen molar-refractivity contribution in [3.05, 3.63) is 64.7 Å². The zero-order valence-corrected chi connectivity index (χ0v) is 12.7. The molecule has 0 saturated heterocycles. The van der Waals surface area contributed by atoms with Crippen molar-refractivity contribution < 1.29 is 9.53 Å². The van der Waals surface area contributed by atoms with Gasteiger partial charge in [0.2, 0.25) is 0 Å². The molecule has 2 rings (SSSR count). The van der Waals surface area contributed by atoms with E-state index in [9.17, 15) is 4.79 Å². The molecule has 0 unspecified atom stereocenters. The molecule has 4 nitrogen and oxygen atoms in total. The molecule has 0 aliphatic heterocycles. The lowest BCUT2D eigenvalue weighted by atomic mass is 10.1. The summed E-state index contributed by atoms with van der Waals surface area (Å²) in [7, 11) is 0. The molecule has 4 heteroatoms. The van der Waals surface area contributed by atoms with Crippen LogP contribution in [-0.2, 0) is 6.54 Å². The van der Waals surface area contributed by atoms with Crippen molar-refractivity contribution in [3.63, 3.8) is 0 Å². The largest absolute Gasteiger partial charge is 0.494 e. The highest BCUT2D eigenvalue weighted by Crippen LogP contribution is 2.19. The van der Waals surface area contributed by atoms with E-state index in [0.717, 1.165) is 16.9 Å². The van der Waals surface area contributed by atoms with Crippen LogP contribution in [-0.4, -0.2) is 12.5 Å². The number of nitrogens with one attached hydrogen (secondary N) is 1. The highest BCUT2D eigenvalue weighted by Gasteiger charge is 2.07. The summed E-state index contributed by atoms with van der Waals surface area (Å²) in [6, 6.07) is 14.5. The van der Waals surface area contributed by atoms with E-state index < -0.39 is 0 Å². The van der Waals surface area contributed by atoms with Crippen LogP contribution < -0.4 is 10.1 Å². The Morgan fingerprint density at radius 3 is 2.77 bits per heavy atom. The first-order valence-electron chi connectivity index (χ1n) is 7.14. The van der Waals surface area contributed by atoms with Gasteiger partial charge in [-0.25, -0.2) is 0 Å². The Kier molecular flexibility index (Phi) is 5.16. The topological polar surface area (TPSA) is 62.1 Å². The predicted molar refractivity (Wildman–Crippen MR) is 84.7 cm³/mol. The number of benzene rings is 2. The van der Waals surface area contributed by atoms with Gasteiger partial charge in [-0.15, -0.1) is 0 Å². The van der Waals surface area contributed by atoms with Crippen LogP contribution in [0.25, 0.3) is 0 Å². The maximum Gasteiger partial charge on any atom is 0.251 e. The van der Waals surface area contributed by atoms with E-state index in [-0.39, 0.29) is 5.91 Å². The second kappa shape index (κ2) is 7.28. The van der Waals surface area contributed by atoms with Crippen molar-refractivity contribution in [1.82, 2.24) is 5.32 Å². The lowest BCUT2D eigenvalue weighted by Crippen LogP contribution is -2.22. The number of nitrogens with zero attached hydrogens (tertiary/aromatic N) is 1. The van der Waals surface area contributed by atoms with Gasteiger partial charge in [0.25, 0.3) is 5.91 Å². The van der Waals surface area contributed by atoms with E-state index in [0.29, 0.717) is 24.3 Å². The smallest absolute Gasteiger partial charge is 0.251 e. The van der Waals surface area contributed by atoms with Crippen molar-refractivity contribution in [2.24, 2.45) is 0 Å². The Balaban J connectivity index is 2.02. The van der Waals surface area contributed by atoms with Gasteiger partial charge in [0.05, 0.1) is 18.2 Å². The van der Waals surface area contributed by atoms with Crippen molar-refractivity contribution in [2.45, 2.75) is 20.4 Å². The Bertz CT molecular complexity index is 717. The maximum absolute atomic E-state index is 12.1. The molecule has 0 spiro atoms. The molecular weight excluding hydrogens is 276 g/mol. The summed E-state index contributed by atoms with van der Waals surface area (Å²) in [5, 5.41) is 11.7. The standard InChI is InChI=1S/C18H18N2O2/c1-3-22-17-8-7-15(9-13(17)2)12-20-18(21)16-6-4-5-14(10-16)11-19/h4-10H,3,12H2,1-2H3,(H,20,21). The molecule has 22 heavy (non-hydrogen) atoms. The van der Waals surface area contributed by atoms with Crippen LogP contribution in [0.2, 0.25) is 0 Å². The Morgan fingerprint density at radius 1 is 1.27 bits per heavy atom. The van der Waals surface area contributed by atoms with Gasteiger partial charge in [-0.1, -0.05) is 18.2 Å². The Morgan fingerprint density at radius 2 is 2.09 bits per heavy atom. The molecule has 1 amide bonds. The molecule has 1 N–H and O–H groups in total. The number of carbonyl (C=O) groups is 1. The third-order valence-electron chi connectivity index (χ3n) is 3.25. The summed E-state index contributed by atoms with van der Waals surface area (Å²) in [6.07, 6.45) is 0. The van der Waals surface area contributed by atoms with Gasteiger partial charge in [-0.05, 0) is 49.2 Å². The van der Waals surface area contributed by atoms with E-state index in [1.807, 2.05) is 38.1 Å². The molecule has 0 bridgehead atoms. The lowest BCUT2D eigenvalue weighted by molar-refractivity contribution is 0.0951. The Labute approximate surface area is 130 Å². The summed E-state index contributed by atoms with van der Waals surface area (Å²) in [4.78, 5) is 12.1. The normalized spacial score (nSPS) is 9.86. The lowest BCUT2D eigenvalue weighted by Gasteiger charge is -2.10. The molecule has 0 fully saturated rings. The zero-order valence-electron chi connectivity index (χ0n) is 12.7. The summed E-state index contributed by atoms with van der Waals surface area (Å²) < 4.78 is 5.49. The third kappa shape index (κ3) is 3.86. The third-order valence-corrected chi connectivity index (χ3v) is 3.25. The number of ether oxygens (including phenoxy) is 1. The number of hydrogen-bond acceptors (Lipinski definition) is 3. The molecule has 2 aromatic carbocycles. The number of rotatable bonds is 5. The Hall–Kier alpha value is -2.80. The second-order valence-electron chi connectivity index (χ2n) is 4.91. The highest BCUT2D eigenvalue weighted by atomic mass is 16.5. The molecule has 0 atom stereocenters. The number of aryl methyl sites for hydroxylation is 1. The van der Waals surface area contributed by atoms with Gasteiger partial charge in [0, 0.05) is 12.1 Å². The van der Waals surface area contributed by atoms with Gasteiger partial charge in [0.15, 0.2) is 0 Å². The van der Waals surface area contributed by atoms with E-state index in [4.69, 9.17) is 10.00 Å². The van der Waals surface area contributed by atoms with Crippen LogP contribution in [0.4, 0.5) is 0 Å². The zero-order chi connectivity index (χ0) is 15.9. The molecule has 0 aliphatic rings. The van der Waals surface area contributed by atoms with Crippen LogP contribution in [0.3, 0.4) is 0 Å². The fourth-order valence-corrected chi connectivity index (χ4v) is 2.15. The number of amides is 1. The highest BCUT2D eigenvalue weighted by molar-refractivity contribution is 5.94. The molecule has 0 aliphatic carbocycles. The van der Waals surface area contributed by atoms with Gasteiger partial charge in [-0.3, -0.25) is 4.79 Å². The fraction of sp³-hybridized carbons (Fsp3) is 0.222. The summed E-state index contributed by atoms with van der Waals surface area (Å²) in [5.41, 5.74) is 3.01. The average molecular weight is 294 g/mol. The molecule has 0 saturated carbocycles. The number of hydrogen-bond donors (Lipinski definition) is 1.